The first-order valence-corrected chi connectivity index (χ1v) is 6.66. The number of amides is 2. The van der Waals surface area contributed by atoms with Gasteiger partial charge in [-0.25, -0.2) is 4.79 Å². The van der Waals surface area contributed by atoms with Gasteiger partial charge in [0.05, 0.1) is 11.1 Å². The Morgan fingerprint density at radius 2 is 1.78 bits per heavy atom. The van der Waals surface area contributed by atoms with Gasteiger partial charge in [-0.2, -0.15) is 11.8 Å². The number of hydrogen-bond donors (Lipinski definition) is 1. The van der Waals surface area contributed by atoms with Crippen LogP contribution in [0, 0.1) is 0 Å². The molecule has 0 aromatic heterocycles. The molecule has 1 aromatic rings. The Bertz CT molecular complexity index is 494. The van der Waals surface area contributed by atoms with E-state index in [4.69, 9.17) is 5.11 Å². The Labute approximate surface area is 108 Å². The van der Waals surface area contributed by atoms with Crippen molar-refractivity contribution in [3.05, 3.63) is 35.4 Å². The van der Waals surface area contributed by atoms with Crippen molar-refractivity contribution < 1.29 is 19.5 Å². The van der Waals surface area contributed by atoms with Crippen LogP contribution in [0.15, 0.2) is 24.3 Å². The molecular formula is C12H11NO4S. The summed E-state index contributed by atoms with van der Waals surface area (Å²) in [6.07, 6.45) is 1.73. The van der Waals surface area contributed by atoms with Gasteiger partial charge in [0.25, 0.3) is 11.8 Å². The summed E-state index contributed by atoms with van der Waals surface area (Å²) in [5, 5.41) is 9.12. The number of carbonyl (C=O) groups excluding carboxylic acids is 2. The number of nitrogens with zero attached hydrogens (tertiary/aromatic N) is 1. The van der Waals surface area contributed by atoms with E-state index in [0.29, 0.717) is 0 Å². The molecule has 0 aliphatic carbocycles. The maximum atomic E-state index is 12.1. The second kappa shape index (κ2) is 4.81. The van der Waals surface area contributed by atoms with E-state index in [9.17, 15) is 14.4 Å². The minimum atomic E-state index is -1.17. The average molecular weight is 265 g/mol. The van der Waals surface area contributed by atoms with Crippen molar-refractivity contribution in [3.8, 4) is 0 Å². The monoisotopic (exact) mass is 265 g/mol. The summed E-state index contributed by atoms with van der Waals surface area (Å²) in [4.78, 5) is 36.1. The molecule has 1 N–H and O–H groups in total. The first-order valence-electron chi connectivity index (χ1n) is 5.26. The highest BCUT2D eigenvalue weighted by Gasteiger charge is 2.42. The van der Waals surface area contributed by atoms with E-state index in [1.54, 1.807) is 18.4 Å². The van der Waals surface area contributed by atoms with Gasteiger partial charge in [-0.05, 0) is 18.4 Å². The van der Waals surface area contributed by atoms with Crippen molar-refractivity contribution in [3.63, 3.8) is 0 Å². The van der Waals surface area contributed by atoms with Crippen LogP contribution in [0.3, 0.4) is 0 Å². The Balaban J connectivity index is 2.41. The van der Waals surface area contributed by atoms with E-state index >= 15 is 0 Å². The Morgan fingerprint density at radius 1 is 1.28 bits per heavy atom. The molecule has 0 saturated heterocycles. The first kappa shape index (κ1) is 12.6. The van der Waals surface area contributed by atoms with Crippen LogP contribution in [0.4, 0.5) is 0 Å². The third kappa shape index (κ3) is 1.88. The number of imide groups is 1. The molecular weight excluding hydrogens is 254 g/mol. The van der Waals surface area contributed by atoms with E-state index in [2.05, 4.69) is 0 Å². The SMILES string of the molecule is CSC[C@@H](C(=O)O)N1C(=O)c2ccccc2C1=O. The van der Waals surface area contributed by atoms with Gasteiger partial charge in [0.2, 0.25) is 0 Å². The highest BCUT2D eigenvalue weighted by Crippen LogP contribution is 2.25. The molecule has 0 saturated carbocycles. The molecule has 1 aliphatic rings. The molecule has 1 heterocycles. The van der Waals surface area contributed by atoms with Gasteiger partial charge in [0.1, 0.15) is 6.04 Å². The Hall–Kier alpha value is -1.82. The van der Waals surface area contributed by atoms with Gasteiger partial charge in [-0.15, -0.1) is 0 Å². The van der Waals surface area contributed by atoms with Crippen molar-refractivity contribution in [2.24, 2.45) is 0 Å². The maximum Gasteiger partial charge on any atom is 0.327 e. The van der Waals surface area contributed by atoms with E-state index in [1.807, 2.05) is 0 Å². The lowest BCUT2D eigenvalue weighted by atomic mass is 10.1. The second-order valence-electron chi connectivity index (χ2n) is 3.84. The van der Waals surface area contributed by atoms with E-state index < -0.39 is 23.8 Å². The van der Waals surface area contributed by atoms with Crippen LogP contribution in [0.2, 0.25) is 0 Å². The summed E-state index contributed by atoms with van der Waals surface area (Å²) in [5.74, 6) is -2.05. The normalized spacial score (nSPS) is 15.7. The predicted molar refractivity (Wildman–Crippen MR) is 66.7 cm³/mol. The van der Waals surface area contributed by atoms with Gasteiger partial charge >= 0.3 is 5.97 Å². The second-order valence-corrected chi connectivity index (χ2v) is 4.75. The van der Waals surface area contributed by atoms with E-state index in [-0.39, 0.29) is 16.9 Å². The van der Waals surface area contributed by atoms with Crippen LogP contribution in [0.1, 0.15) is 20.7 Å². The first-order chi connectivity index (χ1) is 8.57. The highest BCUT2D eigenvalue weighted by atomic mass is 32.2. The topological polar surface area (TPSA) is 74.7 Å². The van der Waals surface area contributed by atoms with Crippen molar-refractivity contribution >= 4 is 29.5 Å². The number of carbonyl (C=O) groups is 3. The number of benzene rings is 1. The van der Waals surface area contributed by atoms with Gasteiger partial charge in [0, 0.05) is 5.75 Å². The minimum Gasteiger partial charge on any atom is -0.480 e. The van der Waals surface area contributed by atoms with Gasteiger partial charge in [-0.3, -0.25) is 14.5 Å². The van der Waals surface area contributed by atoms with Crippen molar-refractivity contribution in [2.45, 2.75) is 6.04 Å². The largest absolute Gasteiger partial charge is 0.480 e. The van der Waals surface area contributed by atoms with Gasteiger partial charge in [-0.1, -0.05) is 12.1 Å². The fourth-order valence-electron chi connectivity index (χ4n) is 1.91. The molecule has 94 valence electrons. The number of carboxylic acid groups (broad SMARTS) is 1. The number of thioether (sulfide) groups is 1. The highest BCUT2D eigenvalue weighted by molar-refractivity contribution is 7.98. The quantitative estimate of drug-likeness (QED) is 0.825. The van der Waals surface area contributed by atoms with Crippen LogP contribution in [0.25, 0.3) is 0 Å². The third-order valence-electron chi connectivity index (χ3n) is 2.75. The van der Waals surface area contributed by atoms with E-state index in [1.165, 1.54) is 23.9 Å². The standard InChI is InChI=1S/C12H11NO4S/c1-18-6-9(12(16)17)13-10(14)7-4-2-3-5-8(7)11(13)15/h2-5,9H,6H2,1H3,(H,16,17)/t9-/m0/s1. The molecule has 0 bridgehead atoms. The van der Waals surface area contributed by atoms with Crippen molar-refractivity contribution in [1.82, 2.24) is 4.90 Å². The molecule has 6 heteroatoms. The number of rotatable bonds is 4. The van der Waals surface area contributed by atoms with Crippen molar-refractivity contribution in [1.29, 1.82) is 0 Å². The molecule has 1 aromatic carbocycles. The molecule has 2 amide bonds. The molecule has 1 atom stereocenters. The average Bonchev–Trinajstić information content (AvgIpc) is 2.60. The van der Waals surface area contributed by atoms with Crippen LogP contribution in [-0.4, -0.2) is 45.8 Å². The summed E-state index contributed by atoms with van der Waals surface area (Å²) in [6, 6.07) is 5.25. The number of hydrogen-bond acceptors (Lipinski definition) is 4. The van der Waals surface area contributed by atoms with Gasteiger partial charge < -0.3 is 5.11 Å². The Morgan fingerprint density at radius 3 is 2.17 bits per heavy atom. The van der Waals surface area contributed by atoms with E-state index in [0.717, 1.165) is 4.90 Å². The predicted octanol–water partition coefficient (Wildman–Crippen LogP) is 1.10. The summed E-state index contributed by atoms with van der Waals surface area (Å²) < 4.78 is 0. The zero-order chi connectivity index (χ0) is 13.3. The minimum absolute atomic E-state index is 0.181. The molecule has 0 fully saturated rings. The summed E-state index contributed by atoms with van der Waals surface area (Å²) in [7, 11) is 0. The number of carboxylic acids is 1. The summed E-state index contributed by atoms with van der Waals surface area (Å²) in [6.45, 7) is 0. The lowest BCUT2D eigenvalue weighted by Crippen LogP contribution is -2.46. The molecule has 1 aliphatic heterocycles. The van der Waals surface area contributed by atoms with Crippen molar-refractivity contribution in [2.75, 3.05) is 12.0 Å². The smallest absolute Gasteiger partial charge is 0.327 e. The number of fused-ring (bicyclic) bond motifs is 1. The van der Waals surface area contributed by atoms with Crippen LogP contribution < -0.4 is 0 Å². The maximum absolute atomic E-state index is 12.1. The Kier molecular flexibility index (Phi) is 3.38. The molecule has 18 heavy (non-hydrogen) atoms. The van der Waals surface area contributed by atoms with Crippen LogP contribution in [0.5, 0.6) is 0 Å². The summed E-state index contributed by atoms with van der Waals surface area (Å²) in [5.41, 5.74) is 0.546. The molecule has 0 radical (unpaired) electrons. The molecule has 5 nitrogen and oxygen atoms in total. The lowest BCUT2D eigenvalue weighted by Gasteiger charge is -2.21. The molecule has 0 unspecified atom stereocenters. The lowest BCUT2D eigenvalue weighted by molar-refractivity contribution is -0.140. The fraction of sp³-hybridized carbons (Fsp3) is 0.250. The van der Waals surface area contributed by atoms with Gasteiger partial charge in [0.15, 0.2) is 0 Å². The summed E-state index contributed by atoms with van der Waals surface area (Å²) >= 11 is 1.28. The molecule has 0 spiro atoms. The molecule has 2 rings (SSSR count). The zero-order valence-electron chi connectivity index (χ0n) is 9.62. The third-order valence-corrected chi connectivity index (χ3v) is 3.40. The fourth-order valence-corrected chi connectivity index (χ4v) is 2.51. The van der Waals surface area contributed by atoms with Crippen LogP contribution in [-0.2, 0) is 4.79 Å². The number of aliphatic carboxylic acids is 1. The van der Waals surface area contributed by atoms with Crippen LogP contribution >= 0.6 is 11.8 Å². The zero-order valence-corrected chi connectivity index (χ0v) is 10.4.